The first-order chi connectivity index (χ1) is 8.69. The summed E-state index contributed by atoms with van der Waals surface area (Å²) in [6.45, 7) is 2.95. The molecule has 0 aromatic heterocycles. The Hall–Kier alpha value is -1.03. The van der Waals surface area contributed by atoms with Gasteiger partial charge in [-0.15, -0.1) is 0 Å². The van der Waals surface area contributed by atoms with Crippen molar-refractivity contribution in [1.29, 1.82) is 0 Å². The predicted molar refractivity (Wildman–Crippen MR) is 77.8 cm³/mol. The fourth-order valence-corrected chi connectivity index (χ4v) is 2.72. The summed E-state index contributed by atoms with van der Waals surface area (Å²) in [5.41, 5.74) is 2.44. The van der Waals surface area contributed by atoms with Crippen molar-refractivity contribution in [3.8, 4) is 0 Å². The van der Waals surface area contributed by atoms with Crippen LogP contribution in [0.25, 0.3) is 0 Å². The van der Waals surface area contributed by atoms with Crippen molar-refractivity contribution in [3.63, 3.8) is 0 Å². The van der Waals surface area contributed by atoms with E-state index < -0.39 is 0 Å². The number of hydrogen-bond acceptors (Lipinski definition) is 2. The normalized spacial score (nSPS) is 20.1. The highest BCUT2D eigenvalue weighted by Crippen LogP contribution is 2.23. The van der Waals surface area contributed by atoms with Gasteiger partial charge in [-0.2, -0.15) is 0 Å². The number of rotatable bonds is 3. The zero-order valence-electron chi connectivity index (χ0n) is 10.6. The number of carbonyl (C=O) groups is 1. The van der Waals surface area contributed by atoms with Crippen LogP contribution < -0.4 is 10.6 Å². The molecule has 4 heteroatoms. The van der Waals surface area contributed by atoms with E-state index in [2.05, 4.69) is 45.6 Å². The summed E-state index contributed by atoms with van der Waals surface area (Å²) in [6.07, 6.45) is 3.64. The molecule has 1 aliphatic rings. The van der Waals surface area contributed by atoms with Crippen molar-refractivity contribution in [2.45, 2.75) is 38.6 Å². The number of halogens is 1. The zero-order chi connectivity index (χ0) is 13.0. The van der Waals surface area contributed by atoms with Gasteiger partial charge in [0.05, 0.1) is 0 Å². The number of hydrogen-bond donors (Lipinski definition) is 2. The van der Waals surface area contributed by atoms with E-state index in [0.29, 0.717) is 6.42 Å². The fraction of sp³-hybridized carbons (Fsp3) is 0.500. The van der Waals surface area contributed by atoms with Crippen molar-refractivity contribution in [1.82, 2.24) is 5.32 Å². The summed E-state index contributed by atoms with van der Waals surface area (Å²) in [5.74, 6) is 0.153. The summed E-state index contributed by atoms with van der Waals surface area (Å²) in [6, 6.07) is 6.52. The lowest BCUT2D eigenvalue weighted by atomic mass is 10.1. The Kier molecular flexibility index (Phi) is 4.64. The summed E-state index contributed by atoms with van der Waals surface area (Å²) in [5, 5.41) is 6.43. The van der Waals surface area contributed by atoms with E-state index in [0.717, 1.165) is 36.0 Å². The lowest BCUT2D eigenvalue weighted by molar-refractivity contribution is -0.120. The Morgan fingerprint density at radius 3 is 3.11 bits per heavy atom. The number of amides is 1. The molecule has 18 heavy (non-hydrogen) atoms. The molecule has 1 heterocycles. The minimum atomic E-state index is 0.153. The molecule has 0 bridgehead atoms. The van der Waals surface area contributed by atoms with Crippen LogP contribution in [0.3, 0.4) is 0 Å². The lowest BCUT2D eigenvalue weighted by Crippen LogP contribution is -2.27. The quantitative estimate of drug-likeness (QED) is 0.900. The number of aryl methyl sites for hydroxylation is 1. The summed E-state index contributed by atoms with van der Waals surface area (Å²) in [7, 11) is 0. The van der Waals surface area contributed by atoms with Gasteiger partial charge in [-0.1, -0.05) is 22.9 Å². The second kappa shape index (κ2) is 6.23. The first-order valence-corrected chi connectivity index (χ1v) is 7.30. The molecule has 0 saturated carbocycles. The van der Waals surface area contributed by atoms with Crippen LogP contribution in [0, 0.1) is 0 Å². The van der Waals surface area contributed by atoms with Crippen LogP contribution >= 0.6 is 15.9 Å². The molecule has 0 aliphatic carbocycles. The third-order valence-corrected chi connectivity index (χ3v) is 3.78. The standard InChI is InChI=1S/C14H19BrN2O/c1-2-10-8-11(15)5-6-13(10)17-12-4-3-7-16-14(18)9-12/h5-6,8,12,17H,2-4,7,9H2,1H3,(H,16,18). The Bertz CT molecular complexity index is 434. The second-order valence-electron chi connectivity index (χ2n) is 4.69. The molecule has 0 radical (unpaired) electrons. The third-order valence-electron chi connectivity index (χ3n) is 3.29. The van der Waals surface area contributed by atoms with Gasteiger partial charge in [0.1, 0.15) is 0 Å². The van der Waals surface area contributed by atoms with Gasteiger partial charge in [0.15, 0.2) is 0 Å². The predicted octanol–water partition coefficient (Wildman–Crippen LogP) is 3.09. The maximum absolute atomic E-state index is 11.5. The molecule has 1 unspecified atom stereocenters. The van der Waals surface area contributed by atoms with E-state index in [9.17, 15) is 4.79 Å². The fourth-order valence-electron chi connectivity index (χ4n) is 2.31. The number of anilines is 1. The van der Waals surface area contributed by atoms with E-state index in [-0.39, 0.29) is 11.9 Å². The van der Waals surface area contributed by atoms with E-state index in [4.69, 9.17) is 0 Å². The average Bonchev–Trinajstić information content (AvgIpc) is 2.56. The molecule has 0 spiro atoms. The summed E-state index contributed by atoms with van der Waals surface area (Å²) >= 11 is 3.49. The molecule has 98 valence electrons. The molecule has 3 nitrogen and oxygen atoms in total. The zero-order valence-corrected chi connectivity index (χ0v) is 12.2. The van der Waals surface area contributed by atoms with E-state index in [1.807, 2.05) is 6.07 Å². The molecule has 1 atom stereocenters. The monoisotopic (exact) mass is 310 g/mol. The Balaban J connectivity index is 2.10. The van der Waals surface area contributed by atoms with Crippen molar-refractivity contribution in [2.75, 3.05) is 11.9 Å². The molecule has 1 amide bonds. The van der Waals surface area contributed by atoms with Crippen molar-refractivity contribution in [2.24, 2.45) is 0 Å². The van der Waals surface area contributed by atoms with Gasteiger partial charge in [0.2, 0.25) is 5.91 Å². The maximum atomic E-state index is 11.5. The van der Waals surface area contributed by atoms with Gasteiger partial charge >= 0.3 is 0 Å². The lowest BCUT2D eigenvalue weighted by Gasteiger charge is -2.19. The molecule has 1 aromatic carbocycles. The van der Waals surface area contributed by atoms with Crippen LogP contribution in [-0.2, 0) is 11.2 Å². The summed E-state index contributed by atoms with van der Waals surface area (Å²) < 4.78 is 1.10. The number of carbonyl (C=O) groups excluding carboxylic acids is 1. The molecule has 2 rings (SSSR count). The van der Waals surface area contributed by atoms with Crippen molar-refractivity contribution < 1.29 is 4.79 Å². The maximum Gasteiger partial charge on any atom is 0.222 e. The van der Waals surface area contributed by atoms with E-state index in [1.165, 1.54) is 5.56 Å². The molecule has 1 aliphatic heterocycles. The first-order valence-electron chi connectivity index (χ1n) is 6.50. The van der Waals surface area contributed by atoms with Gasteiger partial charge < -0.3 is 10.6 Å². The second-order valence-corrected chi connectivity index (χ2v) is 5.61. The van der Waals surface area contributed by atoms with Gasteiger partial charge in [-0.3, -0.25) is 4.79 Å². The highest BCUT2D eigenvalue weighted by molar-refractivity contribution is 9.10. The minimum Gasteiger partial charge on any atom is -0.382 e. The molecule has 1 saturated heterocycles. The molecular weight excluding hydrogens is 292 g/mol. The topological polar surface area (TPSA) is 41.1 Å². The molecule has 2 N–H and O–H groups in total. The van der Waals surface area contributed by atoms with Gasteiger partial charge in [0, 0.05) is 29.2 Å². The largest absolute Gasteiger partial charge is 0.382 e. The van der Waals surface area contributed by atoms with Crippen molar-refractivity contribution >= 4 is 27.5 Å². The van der Waals surface area contributed by atoms with E-state index in [1.54, 1.807) is 0 Å². The van der Waals surface area contributed by atoms with Crippen LogP contribution in [0.2, 0.25) is 0 Å². The van der Waals surface area contributed by atoms with Gasteiger partial charge in [-0.25, -0.2) is 0 Å². The Morgan fingerprint density at radius 2 is 2.33 bits per heavy atom. The van der Waals surface area contributed by atoms with Gasteiger partial charge in [0.25, 0.3) is 0 Å². The van der Waals surface area contributed by atoms with Crippen LogP contribution in [0.5, 0.6) is 0 Å². The van der Waals surface area contributed by atoms with Crippen molar-refractivity contribution in [3.05, 3.63) is 28.2 Å². The average molecular weight is 311 g/mol. The molecule has 1 fully saturated rings. The van der Waals surface area contributed by atoms with Gasteiger partial charge in [-0.05, 0) is 43.0 Å². The van der Waals surface area contributed by atoms with Crippen LogP contribution in [0.1, 0.15) is 31.7 Å². The SMILES string of the molecule is CCc1cc(Br)ccc1NC1CCCNC(=O)C1. The smallest absolute Gasteiger partial charge is 0.222 e. The minimum absolute atomic E-state index is 0.153. The Morgan fingerprint density at radius 1 is 1.50 bits per heavy atom. The Labute approximate surface area is 116 Å². The van der Waals surface area contributed by atoms with Crippen LogP contribution in [-0.4, -0.2) is 18.5 Å². The highest BCUT2D eigenvalue weighted by atomic mass is 79.9. The van der Waals surface area contributed by atoms with Crippen LogP contribution in [0.15, 0.2) is 22.7 Å². The first kappa shape index (κ1) is 13.4. The van der Waals surface area contributed by atoms with Crippen LogP contribution in [0.4, 0.5) is 5.69 Å². The summed E-state index contributed by atoms with van der Waals surface area (Å²) in [4.78, 5) is 11.5. The third kappa shape index (κ3) is 3.48. The van der Waals surface area contributed by atoms with E-state index >= 15 is 0 Å². The molecular formula is C14H19BrN2O. The highest BCUT2D eigenvalue weighted by Gasteiger charge is 2.17. The number of benzene rings is 1. The molecule has 1 aromatic rings. The number of nitrogens with one attached hydrogen (secondary N) is 2.